The standard InChI is InChI=1S/C10H12BrN3O4S/c1-12-6-8-4-9(10(11)18-8)19(15,16)13-5-7-2-3-17-14-7/h2-4,12-13H,5-6H2,1H3. The van der Waals surface area contributed by atoms with E-state index < -0.39 is 10.0 Å². The Balaban J connectivity index is 2.14. The Hall–Kier alpha value is -1.16. The quantitative estimate of drug-likeness (QED) is 0.813. The maximum atomic E-state index is 12.1. The highest BCUT2D eigenvalue weighted by Gasteiger charge is 2.22. The number of rotatable bonds is 6. The van der Waals surface area contributed by atoms with Crippen LogP contribution >= 0.6 is 15.9 Å². The third-order valence-electron chi connectivity index (χ3n) is 2.28. The van der Waals surface area contributed by atoms with Gasteiger partial charge < -0.3 is 14.3 Å². The second kappa shape index (κ2) is 5.87. The van der Waals surface area contributed by atoms with Crippen molar-refractivity contribution in [2.45, 2.75) is 18.0 Å². The first kappa shape index (κ1) is 14.3. The number of hydrogen-bond acceptors (Lipinski definition) is 6. The van der Waals surface area contributed by atoms with Gasteiger partial charge in [-0.1, -0.05) is 5.16 Å². The fraction of sp³-hybridized carbons (Fsp3) is 0.300. The highest BCUT2D eigenvalue weighted by Crippen LogP contribution is 2.26. The van der Waals surface area contributed by atoms with E-state index >= 15 is 0 Å². The molecule has 0 aliphatic carbocycles. The maximum absolute atomic E-state index is 12.1. The van der Waals surface area contributed by atoms with Gasteiger partial charge in [-0.3, -0.25) is 0 Å². The third kappa shape index (κ3) is 3.44. The molecule has 0 unspecified atom stereocenters. The Bertz CT molecular complexity index is 636. The zero-order valence-corrected chi connectivity index (χ0v) is 12.4. The van der Waals surface area contributed by atoms with Gasteiger partial charge in [-0.15, -0.1) is 0 Å². The van der Waals surface area contributed by atoms with E-state index in [1.54, 1.807) is 13.1 Å². The third-order valence-corrected chi connectivity index (χ3v) is 4.54. The molecule has 0 aromatic carbocycles. The zero-order valence-electron chi connectivity index (χ0n) is 10.0. The van der Waals surface area contributed by atoms with Crippen molar-refractivity contribution >= 4 is 26.0 Å². The first-order chi connectivity index (χ1) is 9.03. The largest absolute Gasteiger partial charge is 0.452 e. The summed E-state index contributed by atoms with van der Waals surface area (Å²) in [6.45, 7) is 0.495. The molecule has 104 valence electrons. The summed E-state index contributed by atoms with van der Waals surface area (Å²) in [5, 5.41) is 6.50. The summed E-state index contributed by atoms with van der Waals surface area (Å²) in [4.78, 5) is 0.0567. The van der Waals surface area contributed by atoms with Crippen molar-refractivity contribution in [1.29, 1.82) is 0 Å². The van der Waals surface area contributed by atoms with Crippen molar-refractivity contribution in [3.63, 3.8) is 0 Å². The number of furan rings is 1. The second-order valence-electron chi connectivity index (χ2n) is 3.70. The molecule has 19 heavy (non-hydrogen) atoms. The fourth-order valence-corrected chi connectivity index (χ4v) is 3.41. The van der Waals surface area contributed by atoms with Crippen LogP contribution in [0.3, 0.4) is 0 Å². The first-order valence-corrected chi connectivity index (χ1v) is 7.62. The zero-order chi connectivity index (χ0) is 13.9. The van der Waals surface area contributed by atoms with Gasteiger partial charge in [-0.05, 0) is 23.0 Å². The van der Waals surface area contributed by atoms with Crippen LogP contribution in [0.15, 0.2) is 36.9 Å². The fourth-order valence-electron chi connectivity index (χ4n) is 1.42. The lowest BCUT2D eigenvalue weighted by Crippen LogP contribution is -2.23. The lowest BCUT2D eigenvalue weighted by Gasteiger charge is -2.02. The van der Waals surface area contributed by atoms with E-state index in [1.807, 2.05) is 0 Å². The Labute approximate surface area is 118 Å². The monoisotopic (exact) mass is 349 g/mol. The normalized spacial score (nSPS) is 11.9. The lowest BCUT2D eigenvalue weighted by molar-refractivity contribution is 0.411. The van der Waals surface area contributed by atoms with Crippen LogP contribution in [0.2, 0.25) is 0 Å². The van der Waals surface area contributed by atoms with Crippen LogP contribution in [-0.2, 0) is 23.1 Å². The van der Waals surface area contributed by atoms with Gasteiger partial charge in [0.25, 0.3) is 0 Å². The van der Waals surface area contributed by atoms with E-state index in [1.165, 1.54) is 12.3 Å². The van der Waals surface area contributed by atoms with E-state index in [4.69, 9.17) is 4.42 Å². The van der Waals surface area contributed by atoms with Crippen LogP contribution in [-0.4, -0.2) is 20.6 Å². The van der Waals surface area contributed by atoms with Crippen LogP contribution in [0.4, 0.5) is 0 Å². The molecule has 0 saturated heterocycles. The smallest absolute Gasteiger partial charge is 0.245 e. The summed E-state index contributed by atoms with van der Waals surface area (Å²) in [5.74, 6) is 0.524. The summed E-state index contributed by atoms with van der Waals surface area (Å²) in [6.07, 6.45) is 1.38. The topological polar surface area (TPSA) is 97.4 Å². The summed E-state index contributed by atoms with van der Waals surface area (Å²) in [5.41, 5.74) is 0.499. The minimum absolute atomic E-state index is 0.0534. The minimum atomic E-state index is -3.66. The predicted octanol–water partition coefficient (Wildman–Crippen LogP) is 1.23. The van der Waals surface area contributed by atoms with Crippen molar-refractivity contribution in [2.75, 3.05) is 7.05 Å². The average molecular weight is 350 g/mol. The lowest BCUT2D eigenvalue weighted by atomic mass is 10.4. The SMILES string of the molecule is CNCc1cc(S(=O)(=O)NCc2ccon2)c(Br)o1. The van der Waals surface area contributed by atoms with Crippen molar-refractivity contribution in [3.8, 4) is 0 Å². The molecule has 0 spiro atoms. The molecule has 7 nitrogen and oxygen atoms in total. The molecular formula is C10H12BrN3O4S. The van der Waals surface area contributed by atoms with Crippen molar-refractivity contribution in [2.24, 2.45) is 0 Å². The van der Waals surface area contributed by atoms with E-state index in [-0.39, 0.29) is 16.1 Å². The van der Waals surface area contributed by atoms with Crippen molar-refractivity contribution in [3.05, 3.63) is 34.5 Å². The number of hydrogen-bond donors (Lipinski definition) is 2. The van der Waals surface area contributed by atoms with Gasteiger partial charge in [-0.25, -0.2) is 13.1 Å². The summed E-state index contributed by atoms with van der Waals surface area (Å²) in [6, 6.07) is 3.05. The molecular weight excluding hydrogens is 338 g/mol. The van der Waals surface area contributed by atoms with Crippen LogP contribution in [0.25, 0.3) is 0 Å². The Morgan fingerprint density at radius 1 is 1.42 bits per heavy atom. The van der Waals surface area contributed by atoms with Gasteiger partial charge in [0.2, 0.25) is 10.0 Å². The molecule has 0 aliphatic rings. The molecule has 9 heteroatoms. The van der Waals surface area contributed by atoms with Crippen LogP contribution in [0.5, 0.6) is 0 Å². The van der Waals surface area contributed by atoms with Gasteiger partial charge in [-0.2, -0.15) is 0 Å². The number of nitrogens with zero attached hydrogens (tertiary/aromatic N) is 1. The molecule has 0 saturated carbocycles. The Morgan fingerprint density at radius 3 is 2.84 bits per heavy atom. The summed E-state index contributed by atoms with van der Waals surface area (Å²) >= 11 is 3.09. The number of halogens is 1. The molecule has 0 radical (unpaired) electrons. The van der Waals surface area contributed by atoms with Crippen molar-refractivity contribution < 1.29 is 17.4 Å². The highest BCUT2D eigenvalue weighted by molar-refractivity contribution is 9.10. The molecule has 0 fully saturated rings. The molecule has 0 atom stereocenters. The molecule has 2 rings (SSSR count). The minimum Gasteiger partial charge on any atom is -0.452 e. The van der Waals surface area contributed by atoms with E-state index in [0.717, 1.165) is 0 Å². The second-order valence-corrected chi connectivity index (χ2v) is 6.15. The van der Waals surface area contributed by atoms with Crippen LogP contribution in [0.1, 0.15) is 11.5 Å². The maximum Gasteiger partial charge on any atom is 0.245 e. The molecule has 0 amide bonds. The summed E-state index contributed by atoms with van der Waals surface area (Å²) in [7, 11) is -1.92. The van der Waals surface area contributed by atoms with Gasteiger partial charge >= 0.3 is 0 Å². The van der Waals surface area contributed by atoms with Gasteiger partial charge in [0, 0.05) is 12.1 Å². The Morgan fingerprint density at radius 2 is 2.21 bits per heavy atom. The first-order valence-electron chi connectivity index (χ1n) is 5.34. The van der Waals surface area contributed by atoms with Gasteiger partial charge in [0.1, 0.15) is 16.9 Å². The molecule has 2 heterocycles. The predicted molar refractivity (Wildman–Crippen MR) is 69.7 cm³/mol. The van der Waals surface area contributed by atoms with Crippen LogP contribution in [0, 0.1) is 0 Å². The molecule has 2 N–H and O–H groups in total. The number of nitrogens with one attached hydrogen (secondary N) is 2. The average Bonchev–Trinajstić information content (AvgIpc) is 2.97. The van der Waals surface area contributed by atoms with E-state index in [9.17, 15) is 8.42 Å². The van der Waals surface area contributed by atoms with E-state index in [0.29, 0.717) is 18.0 Å². The molecule has 0 bridgehead atoms. The van der Waals surface area contributed by atoms with Gasteiger partial charge in [0.15, 0.2) is 4.67 Å². The molecule has 2 aromatic heterocycles. The number of aromatic nitrogens is 1. The molecule has 0 aliphatic heterocycles. The van der Waals surface area contributed by atoms with Crippen molar-refractivity contribution in [1.82, 2.24) is 15.2 Å². The molecule has 2 aromatic rings. The van der Waals surface area contributed by atoms with Crippen LogP contribution < -0.4 is 10.0 Å². The van der Waals surface area contributed by atoms with E-state index in [2.05, 4.69) is 35.6 Å². The number of sulfonamides is 1. The Kier molecular flexibility index (Phi) is 4.40. The van der Waals surface area contributed by atoms with Gasteiger partial charge in [0.05, 0.1) is 18.8 Å². The highest BCUT2D eigenvalue weighted by atomic mass is 79.9. The summed E-state index contributed by atoms with van der Waals surface area (Å²) < 4.78 is 36.7.